The van der Waals surface area contributed by atoms with Crippen molar-refractivity contribution in [3.8, 4) is 0 Å². The maximum atomic E-state index is 13.1. The molecule has 1 heterocycles. The van der Waals surface area contributed by atoms with Crippen LogP contribution in [0.4, 0.5) is 18.9 Å². The van der Waals surface area contributed by atoms with Crippen LogP contribution in [0, 0.1) is 0 Å². The minimum atomic E-state index is -4.72. The van der Waals surface area contributed by atoms with E-state index in [0.717, 1.165) is 6.07 Å². The Hall–Kier alpha value is -0.960. The minimum absolute atomic E-state index is 0. The number of benzene rings is 1. The second-order valence-electron chi connectivity index (χ2n) is 4.58. The third-order valence-electron chi connectivity index (χ3n) is 3.05. The fraction of sp³-hybridized carbons (Fsp3) is 0.385. The molecule has 0 saturated carbocycles. The summed E-state index contributed by atoms with van der Waals surface area (Å²) in [5.74, 6) is -0.867. The van der Waals surface area contributed by atoms with Gasteiger partial charge in [0.25, 0.3) is 0 Å². The SMILES string of the molecule is Cl.NCCSC1CC(=O)N(c2ccc(Cl)cc2C(F)(F)F)C1=O. The van der Waals surface area contributed by atoms with Crippen molar-refractivity contribution < 1.29 is 22.8 Å². The van der Waals surface area contributed by atoms with Crippen molar-refractivity contribution in [1.29, 1.82) is 0 Å². The zero-order valence-electron chi connectivity index (χ0n) is 11.6. The molecule has 2 rings (SSSR count). The molecule has 2 amide bonds. The summed E-state index contributed by atoms with van der Waals surface area (Å²) in [6, 6.07) is 2.96. The first-order valence-corrected chi connectivity index (χ1v) is 7.73. The van der Waals surface area contributed by atoms with Gasteiger partial charge in [0.2, 0.25) is 11.8 Å². The van der Waals surface area contributed by atoms with Crippen LogP contribution < -0.4 is 10.6 Å². The lowest BCUT2D eigenvalue weighted by Gasteiger charge is -2.20. The van der Waals surface area contributed by atoms with Crippen molar-refractivity contribution in [2.75, 3.05) is 17.2 Å². The summed E-state index contributed by atoms with van der Waals surface area (Å²) in [7, 11) is 0. The topological polar surface area (TPSA) is 63.4 Å². The number of thioether (sulfide) groups is 1. The van der Waals surface area contributed by atoms with E-state index in [1.54, 1.807) is 0 Å². The van der Waals surface area contributed by atoms with E-state index in [1.807, 2.05) is 0 Å². The van der Waals surface area contributed by atoms with Gasteiger partial charge in [-0.1, -0.05) is 11.6 Å². The van der Waals surface area contributed by atoms with E-state index in [4.69, 9.17) is 17.3 Å². The third kappa shape index (κ3) is 4.32. The van der Waals surface area contributed by atoms with Crippen LogP contribution in [0.3, 0.4) is 0 Å². The van der Waals surface area contributed by atoms with Crippen LogP contribution in [0.1, 0.15) is 12.0 Å². The van der Waals surface area contributed by atoms with Gasteiger partial charge in [0.05, 0.1) is 16.5 Å². The number of imide groups is 1. The zero-order valence-corrected chi connectivity index (χ0v) is 14.0. The highest BCUT2D eigenvalue weighted by molar-refractivity contribution is 8.00. The van der Waals surface area contributed by atoms with E-state index in [1.165, 1.54) is 17.8 Å². The maximum absolute atomic E-state index is 13.1. The molecule has 0 spiro atoms. The van der Waals surface area contributed by atoms with E-state index >= 15 is 0 Å². The zero-order chi connectivity index (χ0) is 16.5. The first kappa shape index (κ1) is 20.1. The number of hydrogen-bond acceptors (Lipinski definition) is 4. The number of carbonyl (C=O) groups excluding carboxylic acids is 2. The van der Waals surface area contributed by atoms with Crippen molar-refractivity contribution in [2.24, 2.45) is 5.73 Å². The van der Waals surface area contributed by atoms with Crippen molar-refractivity contribution in [1.82, 2.24) is 0 Å². The smallest absolute Gasteiger partial charge is 0.330 e. The molecule has 1 aliphatic heterocycles. The van der Waals surface area contributed by atoms with Gasteiger partial charge >= 0.3 is 6.18 Å². The highest BCUT2D eigenvalue weighted by atomic mass is 35.5. The molecule has 1 fully saturated rings. The molecule has 128 valence electrons. The number of rotatable bonds is 4. The second kappa shape index (κ2) is 7.74. The van der Waals surface area contributed by atoms with Crippen molar-refractivity contribution in [3.05, 3.63) is 28.8 Å². The predicted molar refractivity (Wildman–Crippen MR) is 86.1 cm³/mol. The molecule has 4 nitrogen and oxygen atoms in total. The van der Waals surface area contributed by atoms with E-state index in [2.05, 4.69) is 0 Å². The summed E-state index contributed by atoms with van der Waals surface area (Å²) in [5.41, 5.74) is 3.75. The van der Waals surface area contributed by atoms with Gasteiger partial charge in [0, 0.05) is 23.7 Å². The summed E-state index contributed by atoms with van der Waals surface area (Å²) in [6.45, 7) is 0.317. The number of halogens is 5. The molecule has 1 saturated heterocycles. The van der Waals surface area contributed by atoms with Crippen molar-refractivity contribution in [3.63, 3.8) is 0 Å². The molecule has 0 aliphatic carbocycles. The van der Waals surface area contributed by atoms with Crippen LogP contribution in [-0.4, -0.2) is 29.4 Å². The molecule has 23 heavy (non-hydrogen) atoms. The maximum Gasteiger partial charge on any atom is 0.418 e. The fourth-order valence-corrected chi connectivity index (χ4v) is 3.23. The molecule has 0 aromatic heterocycles. The fourth-order valence-electron chi connectivity index (χ4n) is 2.13. The Balaban J connectivity index is 0.00000264. The van der Waals surface area contributed by atoms with Gasteiger partial charge in [0.15, 0.2) is 0 Å². The quantitative estimate of drug-likeness (QED) is 0.804. The number of alkyl halides is 3. The standard InChI is InChI=1S/C13H12ClF3N2O2S.ClH/c14-7-1-2-9(8(5-7)13(15,16)17)19-11(20)6-10(12(19)21)22-4-3-18;/h1-2,5,10H,3-4,6,18H2;1H. The first-order chi connectivity index (χ1) is 10.3. The molecular formula is C13H13Cl2F3N2O2S. The molecule has 10 heteroatoms. The summed E-state index contributed by atoms with van der Waals surface area (Å²) >= 11 is 6.76. The number of nitrogens with zero attached hydrogens (tertiary/aromatic N) is 1. The average Bonchev–Trinajstić information content (AvgIpc) is 2.70. The Bertz CT molecular complexity index is 613. The number of anilines is 1. The number of amides is 2. The highest BCUT2D eigenvalue weighted by Crippen LogP contribution is 2.40. The molecule has 0 radical (unpaired) electrons. The molecule has 1 aromatic carbocycles. The van der Waals surface area contributed by atoms with Crippen molar-refractivity contribution in [2.45, 2.75) is 17.8 Å². The van der Waals surface area contributed by atoms with E-state index in [-0.39, 0.29) is 23.9 Å². The minimum Gasteiger partial charge on any atom is -0.330 e. The molecule has 1 unspecified atom stereocenters. The molecule has 1 atom stereocenters. The van der Waals surface area contributed by atoms with Gasteiger partial charge < -0.3 is 5.73 Å². The lowest BCUT2D eigenvalue weighted by atomic mass is 10.1. The summed E-state index contributed by atoms with van der Waals surface area (Å²) in [6.07, 6.45) is -4.85. The molecule has 2 N–H and O–H groups in total. The molecule has 0 bridgehead atoms. The predicted octanol–water partition coefficient (Wildman–Crippen LogP) is 3.10. The van der Waals surface area contributed by atoms with Gasteiger partial charge in [-0.25, -0.2) is 4.90 Å². The number of hydrogen-bond donors (Lipinski definition) is 1. The van der Waals surface area contributed by atoms with Crippen LogP contribution in [0.5, 0.6) is 0 Å². The largest absolute Gasteiger partial charge is 0.418 e. The van der Waals surface area contributed by atoms with Gasteiger partial charge in [-0.3, -0.25) is 9.59 Å². The summed E-state index contributed by atoms with van der Waals surface area (Å²) < 4.78 is 39.3. The van der Waals surface area contributed by atoms with E-state index < -0.39 is 34.5 Å². The van der Waals surface area contributed by atoms with Crippen molar-refractivity contribution >= 4 is 53.3 Å². The van der Waals surface area contributed by atoms with E-state index in [0.29, 0.717) is 23.3 Å². The third-order valence-corrected chi connectivity index (χ3v) is 4.52. The van der Waals surface area contributed by atoms with Gasteiger partial charge in [-0.05, 0) is 18.2 Å². The Morgan fingerprint density at radius 1 is 1.35 bits per heavy atom. The second-order valence-corrected chi connectivity index (χ2v) is 6.33. The summed E-state index contributed by atoms with van der Waals surface area (Å²) in [4.78, 5) is 24.8. The van der Waals surface area contributed by atoms with Crippen LogP contribution in [-0.2, 0) is 15.8 Å². The van der Waals surface area contributed by atoms with Gasteiger partial charge in [0.1, 0.15) is 0 Å². The monoisotopic (exact) mass is 388 g/mol. The average molecular weight is 389 g/mol. The highest BCUT2D eigenvalue weighted by Gasteiger charge is 2.44. The van der Waals surface area contributed by atoms with Crippen LogP contribution >= 0.6 is 35.8 Å². The van der Waals surface area contributed by atoms with Crippen LogP contribution in [0.25, 0.3) is 0 Å². The Morgan fingerprint density at radius 3 is 2.57 bits per heavy atom. The number of carbonyl (C=O) groups is 2. The van der Waals surface area contributed by atoms with Crippen LogP contribution in [0.15, 0.2) is 18.2 Å². The Kier molecular flexibility index (Phi) is 6.76. The summed E-state index contributed by atoms with van der Waals surface area (Å²) in [5, 5.41) is -0.822. The lowest BCUT2D eigenvalue weighted by molar-refractivity contribution is -0.137. The Labute approximate surface area is 145 Å². The molecule has 1 aliphatic rings. The molecular weight excluding hydrogens is 376 g/mol. The van der Waals surface area contributed by atoms with Gasteiger partial charge in [-0.15, -0.1) is 24.2 Å². The molecule has 1 aromatic rings. The number of nitrogens with two attached hydrogens (primary N) is 1. The normalized spacial score (nSPS) is 18.3. The lowest BCUT2D eigenvalue weighted by Crippen LogP contribution is -2.33. The van der Waals surface area contributed by atoms with Crippen LogP contribution in [0.2, 0.25) is 5.02 Å². The van der Waals surface area contributed by atoms with E-state index in [9.17, 15) is 22.8 Å². The van der Waals surface area contributed by atoms with Gasteiger partial charge in [-0.2, -0.15) is 13.2 Å². The Morgan fingerprint density at radius 2 is 2.00 bits per heavy atom. The first-order valence-electron chi connectivity index (χ1n) is 6.31.